The molecule has 2 aliphatic heterocycles. The van der Waals surface area contributed by atoms with Crippen molar-refractivity contribution in [2.75, 3.05) is 10.2 Å². The van der Waals surface area contributed by atoms with Crippen LogP contribution in [0, 0.1) is 12.8 Å². The number of thiazole rings is 1. The Morgan fingerprint density at radius 2 is 1.65 bits per heavy atom. The molecule has 0 bridgehead atoms. The molecule has 0 aliphatic carbocycles. The first-order valence-electron chi connectivity index (χ1n) is 12.4. The fourth-order valence-electron chi connectivity index (χ4n) is 5.14. The smallest absolute Gasteiger partial charge is 0.308 e. The largest absolute Gasteiger partial charge is 0.325 e. The summed E-state index contributed by atoms with van der Waals surface area (Å²) in [5.74, 6) is -2.20. The molecule has 202 valence electrons. The fraction of sp³-hybridized carbons (Fsp3) is 0.172. The van der Waals surface area contributed by atoms with Crippen LogP contribution in [-0.2, 0) is 20.9 Å². The van der Waals surface area contributed by atoms with Crippen LogP contribution >= 0.6 is 55.0 Å². The van der Waals surface area contributed by atoms with Gasteiger partial charge in [-0.05, 0) is 61.0 Å². The maximum absolute atomic E-state index is 13.9. The van der Waals surface area contributed by atoms with Crippen molar-refractivity contribution in [3.05, 3.63) is 107 Å². The van der Waals surface area contributed by atoms with E-state index in [2.05, 4.69) is 37.2 Å². The Labute approximate surface area is 254 Å². The van der Waals surface area contributed by atoms with E-state index in [4.69, 9.17) is 0 Å². The third-order valence-corrected chi connectivity index (χ3v) is 10.6. The number of hydrogen-bond acceptors (Lipinski definition) is 6. The van der Waals surface area contributed by atoms with E-state index in [0.29, 0.717) is 21.3 Å². The molecular formula is C29H21Br2N3O4S2. The van der Waals surface area contributed by atoms with Gasteiger partial charge in [0.2, 0.25) is 17.7 Å². The molecule has 4 aromatic rings. The normalized spacial score (nSPS) is 19.9. The number of benzene rings is 3. The van der Waals surface area contributed by atoms with Crippen molar-refractivity contribution in [1.29, 1.82) is 0 Å². The SMILES string of the molecule is Cc1ccc(NC(=O)Cn2c3c(sc2=O)[C@H](c2cccc(Br)c2)C2C(=O)N(c4ccc(Br)cc4)C(=O)C2S3)cc1. The first-order chi connectivity index (χ1) is 19.2. The number of aryl methyl sites for hydroxylation is 1. The summed E-state index contributed by atoms with van der Waals surface area (Å²) in [6.45, 7) is 1.76. The van der Waals surface area contributed by atoms with E-state index in [1.165, 1.54) is 21.2 Å². The van der Waals surface area contributed by atoms with E-state index in [1.54, 1.807) is 36.4 Å². The molecule has 7 nitrogen and oxygen atoms in total. The van der Waals surface area contributed by atoms with Crippen molar-refractivity contribution in [2.24, 2.45) is 5.92 Å². The number of aromatic nitrogens is 1. The van der Waals surface area contributed by atoms with Crippen LogP contribution < -0.4 is 15.1 Å². The molecule has 3 amide bonds. The Bertz CT molecular complexity index is 1720. The Morgan fingerprint density at radius 1 is 0.925 bits per heavy atom. The molecule has 2 unspecified atom stereocenters. The topological polar surface area (TPSA) is 88.5 Å². The van der Waals surface area contributed by atoms with E-state index < -0.39 is 17.1 Å². The lowest BCUT2D eigenvalue weighted by molar-refractivity contribution is -0.122. The number of nitrogens with one attached hydrogen (secondary N) is 1. The van der Waals surface area contributed by atoms with Gasteiger partial charge >= 0.3 is 4.87 Å². The van der Waals surface area contributed by atoms with E-state index in [0.717, 1.165) is 31.4 Å². The van der Waals surface area contributed by atoms with Gasteiger partial charge in [0.25, 0.3) is 0 Å². The lowest BCUT2D eigenvalue weighted by Gasteiger charge is -2.30. The van der Waals surface area contributed by atoms with Gasteiger partial charge in [-0.2, -0.15) is 0 Å². The van der Waals surface area contributed by atoms with Crippen LogP contribution in [0.25, 0.3) is 0 Å². The number of amides is 3. The van der Waals surface area contributed by atoms with E-state index in [1.807, 2.05) is 43.3 Å². The standard InChI is InChI=1S/C29H21Br2N3O4S2/c1-15-5-9-19(10-6-15)32-21(35)14-33-28-25(40-29(33)38)22(16-3-2-4-18(31)13-16)23-24(39-28)27(37)34(26(23)36)20-11-7-17(30)8-12-20/h2-13,22-24H,14H2,1H3,(H,32,35)/t22-,23?,24?/m1/s1. The summed E-state index contributed by atoms with van der Waals surface area (Å²) in [6, 6.07) is 22.0. The third-order valence-electron chi connectivity index (χ3n) is 6.98. The van der Waals surface area contributed by atoms with Crippen molar-refractivity contribution < 1.29 is 14.4 Å². The van der Waals surface area contributed by atoms with Gasteiger partial charge in [0.1, 0.15) is 11.8 Å². The van der Waals surface area contributed by atoms with Crippen molar-refractivity contribution >= 4 is 84.1 Å². The number of anilines is 2. The second-order valence-corrected chi connectivity index (χ2v) is 13.6. The van der Waals surface area contributed by atoms with Crippen molar-refractivity contribution in [3.63, 3.8) is 0 Å². The zero-order chi connectivity index (χ0) is 28.1. The first kappa shape index (κ1) is 27.2. The summed E-state index contributed by atoms with van der Waals surface area (Å²) in [5.41, 5.74) is 3.02. The zero-order valence-electron chi connectivity index (χ0n) is 21.0. The van der Waals surface area contributed by atoms with Crippen molar-refractivity contribution in [3.8, 4) is 0 Å². The van der Waals surface area contributed by atoms with Gasteiger partial charge in [0, 0.05) is 25.4 Å². The van der Waals surface area contributed by atoms with Gasteiger partial charge in [0.05, 0.1) is 16.6 Å². The number of fused-ring (bicyclic) bond motifs is 2. The minimum absolute atomic E-state index is 0.202. The molecule has 0 radical (unpaired) electrons. The minimum atomic E-state index is -0.743. The molecule has 0 spiro atoms. The number of carbonyl (C=O) groups excluding carboxylic acids is 3. The van der Waals surface area contributed by atoms with E-state index in [9.17, 15) is 19.2 Å². The van der Waals surface area contributed by atoms with Crippen molar-refractivity contribution in [1.82, 2.24) is 4.57 Å². The molecule has 0 saturated carbocycles. The molecule has 3 aromatic carbocycles. The summed E-state index contributed by atoms with van der Waals surface area (Å²) >= 11 is 9.16. The number of thioether (sulfide) groups is 1. The molecule has 2 aliphatic rings. The van der Waals surface area contributed by atoms with Crippen LogP contribution in [-0.4, -0.2) is 27.5 Å². The molecule has 1 saturated heterocycles. The lowest BCUT2D eigenvalue weighted by Crippen LogP contribution is -2.33. The molecule has 1 N–H and O–H groups in total. The highest BCUT2D eigenvalue weighted by atomic mass is 79.9. The minimum Gasteiger partial charge on any atom is -0.325 e. The molecular weight excluding hydrogens is 678 g/mol. The second-order valence-electron chi connectivity index (χ2n) is 9.62. The Balaban J connectivity index is 1.41. The molecule has 1 fully saturated rings. The molecule has 11 heteroatoms. The highest BCUT2D eigenvalue weighted by Crippen LogP contribution is 2.54. The highest BCUT2D eigenvalue weighted by Gasteiger charge is 2.56. The molecule has 1 aromatic heterocycles. The summed E-state index contributed by atoms with van der Waals surface area (Å²) in [5, 5.41) is 2.66. The molecule has 6 rings (SSSR count). The lowest BCUT2D eigenvalue weighted by atomic mass is 9.83. The first-order valence-corrected chi connectivity index (χ1v) is 15.6. The van der Waals surface area contributed by atoms with Gasteiger partial charge in [0.15, 0.2) is 0 Å². The van der Waals surface area contributed by atoms with Gasteiger partial charge < -0.3 is 5.32 Å². The quantitative estimate of drug-likeness (QED) is 0.252. The number of halogens is 2. The Morgan fingerprint density at radius 3 is 2.35 bits per heavy atom. The fourth-order valence-corrected chi connectivity index (χ4v) is 8.59. The Hall–Kier alpha value is -2.99. The maximum atomic E-state index is 13.9. The highest BCUT2D eigenvalue weighted by molar-refractivity contribution is 9.10. The maximum Gasteiger partial charge on any atom is 0.308 e. The zero-order valence-corrected chi connectivity index (χ0v) is 25.8. The van der Waals surface area contributed by atoms with Crippen LogP contribution in [0.2, 0.25) is 0 Å². The van der Waals surface area contributed by atoms with Crippen LogP contribution in [0.5, 0.6) is 0 Å². The van der Waals surface area contributed by atoms with Crippen LogP contribution in [0.4, 0.5) is 11.4 Å². The van der Waals surface area contributed by atoms with Crippen LogP contribution in [0.15, 0.2) is 91.6 Å². The number of carbonyl (C=O) groups is 3. The monoisotopic (exact) mass is 697 g/mol. The molecule has 3 heterocycles. The van der Waals surface area contributed by atoms with Gasteiger partial charge in [-0.1, -0.05) is 84.8 Å². The van der Waals surface area contributed by atoms with E-state index in [-0.39, 0.29) is 29.1 Å². The second kappa shape index (κ2) is 10.8. The predicted octanol–water partition coefficient (Wildman–Crippen LogP) is 6.18. The number of nitrogens with zero attached hydrogens (tertiary/aromatic N) is 2. The van der Waals surface area contributed by atoms with Crippen LogP contribution in [0.1, 0.15) is 21.9 Å². The van der Waals surface area contributed by atoms with E-state index >= 15 is 0 Å². The van der Waals surface area contributed by atoms with Crippen LogP contribution in [0.3, 0.4) is 0 Å². The summed E-state index contributed by atoms with van der Waals surface area (Å²) in [6.07, 6.45) is 0. The summed E-state index contributed by atoms with van der Waals surface area (Å²) < 4.78 is 3.09. The van der Waals surface area contributed by atoms with Gasteiger partial charge in [-0.3, -0.25) is 23.7 Å². The number of imide groups is 1. The summed E-state index contributed by atoms with van der Waals surface area (Å²) in [4.78, 5) is 55.6. The number of hydrogen-bond donors (Lipinski definition) is 1. The number of rotatable bonds is 5. The molecule has 3 atom stereocenters. The average molecular weight is 699 g/mol. The Kier molecular flexibility index (Phi) is 7.32. The predicted molar refractivity (Wildman–Crippen MR) is 164 cm³/mol. The van der Waals surface area contributed by atoms with Gasteiger partial charge in [-0.25, -0.2) is 4.90 Å². The van der Waals surface area contributed by atoms with Gasteiger partial charge in [-0.15, -0.1) is 0 Å². The average Bonchev–Trinajstić information content (AvgIpc) is 3.36. The third kappa shape index (κ3) is 4.89. The summed E-state index contributed by atoms with van der Waals surface area (Å²) in [7, 11) is 0. The molecule has 40 heavy (non-hydrogen) atoms. The van der Waals surface area contributed by atoms with Crippen molar-refractivity contribution in [2.45, 2.75) is 29.7 Å².